The molecule has 2 heterocycles. The Balaban J connectivity index is 1.38. The Morgan fingerprint density at radius 2 is 1.97 bits per heavy atom. The monoisotopic (exact) mass is 407 g/mol. The third-order valence-corrected chi connectivity index (χ3v) is 4.40. The van der Waals surface area contributed by atoms with Crippen molar-refractivity contribution < 1.29 is 13.9 Å². The fraction of sp³-hybridized carbons (Fsp3) is 0.0455. The van der Waals surface area contributed by atoms with Gasteiger partial charge in [0.25, 0.3) is 5.91 Å². The predicted molar refractivity (Wildman–Crippen MR) is 109 cm³/mol. The number of carbonyl (C=O) groups excluding carboxylic acids is 1. The first-order valence-corrected chi connectivity index (χ1v) is 9.17. The number of ether oxygens (including phenoxy) is 1. The topological polar surface area (TPSA) is 64.1 Å². The summed E-state index contributed by atoms with van der Waals surface area (Å²) in [5.41, 5.74) is 2.06. The fourth-order valence-electron chi connectivity index (χ4n) is 2.75. The highest BCUT2D eigenvalue weighted by atomic mass is 35.5. The lowest BCUT2D eigenvalue weighted by Gasteiger charge is -2.08. The summed E-state index contributed by atoms with van der Waals surface area (Å²) in [4.78, 5) is 20.8. The van der Waals surface area contributed by atoms with E-state index in [0.717, 1.165) is 16.5 Å². The number of benzene rings is 2. The number of carbonyl (C=O) groups is 1. The zero-order valence-electron chi connectivity index (χ0n) is 15.1. The van der Waals surface area contributed by atoms with Gasteiger partial charge in [0.1, 0.15) is 16.7 Å². The molecule has 0 radical (unpaired) electrons. The number of amides is 1. The average Bonchev–Trinajstić information content (AvgIpc) is 2.72. The van der Waals surface area contributed by atoms with Crippen LogP contribution in [0, 0.1) is 5.82 Å². The molecule has 0 aliphatic rings. The van der Waals surface area contributed by atoms with E-state index in [1.165, 1.54) is 12.1 Å². The lowest BCUT2D eigenvalue weighted by atomic mass is 10.1. The van der Waals surface area contributed by atoms with Crippen LogP contribution in [0.2, 0.25) is 5.15 Å². The second kappa shape index (κ2) is 8.24. The van der Waals surface area contributed by atoms with Gasteiger partial charge in [-0.3, -0.25) is 4.79 Å². The van der Waals surface area contributed by atoms with Crippen LogP contribution in [0.3, 0.4) is 0 Å². The van der Waals surface area contributed by atoms with Gasteiger partial charge in [-0.2, -0.15) is 0 Å². The van der Waals surface area contributed by atoms with Crippen LogP contribution >= 0.6 is 11.6 Å². The molecule has 5 nitrogen and oxygen atoms in total. The molecule has 0 fully saturated rings. The molecule has 0 saturated carbocycles. The van der Waals surface area contributed by atoms with Crippen molar-refractivity contribution in [1.82, 2.24) is 15.3 Å². The van der Waals surface area contributed by atoms with Crippen LogP contribution in [0.5, 0.6) is 11.6 Å². The second-order valence-corrected chi connectivity index (χ2v) is 6.68. The molecule has 1 amide bonds. The summed E-state index contributed by atoms with van der Waals surface area (Å²) in [6.45, 7) is 0.309. The smallest absolute Gasteiger partial charge is 0.251 e. The van der Waals surface area contributed by atoms with Crippen LogP contribution in [0.1, 0.15) is 15.9 Å². The van der Waals surface area contributed by atoms with Gasteiger partial charge in [0.2, 0.25) is 5.88 Å². The molecular weight excluding hydrogens is 393 g/mol. The van der Waals surface area contributed by atoms with Crippen molar-refractivity contribution >= 4 is 28.4 Å². The molecule has 4 rings (SSSR count). The van der Waals surface area contributed by atoms with Crippen LogP contribution in [-0.4, -0.2) is 15.9 Å². The van der Waals surface area contributed by atoms with Gasteiger partial charge in [-0.25, -0.2) is 14.4 Å². The zero-order valence-corrected chi connectivity index (χ0v) is 15.9. The van der Waals surface area contributed by atoms with E-state index in [0.29, 0.717) is 28.9 Å². The Morgan fingerprint density at radius 3 is 2.76 bits per heavy atom. The molecule has 2 aromatic heterocycles. The zero-order chi connectivity index (χ0) is 20.2. The average molecular weight is 408 g/mol. The number of nitrogens with one attached hydrogen (secondary N) is 1. The molecule has 0 bridgehead atoms. The number of nitrogens with zero attached hydrogens (tertiary/aromatic N) is 2. The van der Waals surface area contributed by atoms with E-state index in [1.807, 2.05) is 6.07 Å². The van der Waals surface area contributed by atoms with Gasteiger partial charge in [0, 0.05) is 35.8 Å². The number of pyridine rings is 2. The first kappa shape index (κ1) is 18.8. The molecular formula is C22H15ClFN3O2. The highest BCUT2D eigenvalue weighted by Gasteiger charge is 2.08. The molecule has 2 aromatic carbocycles. The highest BCUT2D eigenvalue weighted by molar-refractivity contribution is 6.29. The molecule has 7 heteroatoms. The third kappa shape index (κ3) is 4.67. The van der Waals surface area contributed by atoms with Crippen molar-refractivity contribution in [3.8, 4) is 11.6 Å². The molecule has 4 aromatic rings. The summed E-state index contributed by atoms with van der Waals surface area (Å²) in [6.07, 6.45) is 1.60. The number of fused-ring (bicyclic) bond motifs is 1. The minimum Gasteiger partial charge on any atom is -0.439 e. The highest BCUT2D eigenvalue weighted by Crippen LogP contribution is 2.20. The van der Waals surface area contributed by atoms with Gasteiger partial charge in [-0.15, -0.1) is 0 Å². The lowest BCUT2D eigenvalue weighted by molar-refractivity contribution is 0.0951. The van der Waals surface area contributed by atoms with Crippen molar-refractivity contribution in [2.24, 2.45) is 0 Å². The number of hydrogen-bond donors (Lipinski definition) is 1. The molecule has 0 spiro atoms. The Morgan fingerprint density at radius 1 is 1.07 bits per heavy atom. The Hall–Kier alpha value is -3.51. The SMILES string of the molecule is O=C(NCc1ccc(Oc2cccc(F)c2)nc1)c1ccc2nc(Cl)ccc2c1. The minimum absolute atomic E-state index is 0.207. The number of hydrogen-bond acceptors (Lipinski definition) is 4. The third-order valence-electron chi connectivity index (χ3n) is 4.19. The summed E-state index contributed by atoms with van der Waals surface area (Å²) in [7, 11) is 0. The van der Waals surface area contributed by atoms with Crippen LogP contribution in [0.4, 0.5) is 4.39 Å². The molecule has 29 heavy (non-hydrogen) atoms. The lowest BCUT2D eigenvalue weighted by Crippen LogP contribution is -2.22. The van der Waals surface area contributed by atoms with Crippen LogP contribution in [-0.2, 0) is 6.54 Å². The largest absolute Gasteiger partial charge is 0.439 e. The van der Waals surface area contributed by atoms with E-state index in [9.17, 15) is 9.18 Å². The standard InChI is InChI=1S/C22H15ClFN3O2/c23-20-8-6-15-10-16(5-7-19(15)27-20)22(28)26-13-14-4-9-21(25-12-14)29-18-3-1-2-17(24)11-18/h1-12H,13H2,(H,26,28). The van der Waals surface area contributed by atoms with E-state index in [2.05, 4.69) is 15.3 Å². The summed E-state index contributed by atoms with van der Waals surface area (Å²) in [6, 6.07) is 18.0. The van der Waals surface area contributed by atoms with E-state index in [1.54, 1.807) is 54.7 Å². The van der Waals surface area contributed by atoms with Crippen LogP contribution < -0.4 is 10.1 Å². The molecule has 0 aliphatic heterocycles. The number of aromatic nitrogens is 2. The maximum Gasteiger partial charge on any atom is 0.251 e. The first-order valence-electron chi connectivity index (χ1n) is 8.80. The Bertz CT molecular complexity index is 1180. The summed E-state index contributed by atoms with van der Waals surface area (Å²) >= 11 is 5.88. The summed E-state index contributed by atoms with van der Waals surface area (Å²) in [5.74, 6) is 0.119. The van der Waals surface area contributed by atoms with Crippen molar-refractivity contribution in [1.29, 1.82) is 0 Å². The van der Waals surface area contributed by atoms with Crippen molar-refractivity contribution in [3.63, 3.8) is 0 Å². The van der Waals surface area contributed by atoms with Crippen molar-refractivity contribution in [2.45, 2.75) is 6.54 Å². The molecule has 0 atom stereocenters. The van der Waals surface area contributed by atoms with Crippen LogP contribution in [0.25, 0.3) is 10.9 Å². The molecule has 0 unspecified atom stereocenters. The van der Waals surface area contributed by atoms with Crippen LogP contribution in [0.15, 0.2) is 72.9 Å². The number of rotatable bonds is 5. The first-order chi connectivity index (χ1) is 14.1. The van der Waals surface area contributed by atoms with Gasteiger partial charge in [0.15, 0.2) is 0 Å². The minimum atomic E-state index is -0.380. The Labute approximate surface area is 171 Å². The van der Waals surface area contributed by atoms with Gasteiger partial charge in [0.05, 0.1) is 5.52 Å². The predicted octanol–water partition coefficient (Wildman–Crippen LogP) is 5.14. The molecule has 0 aliphatic carbocycles. The summed E-state index contributed by atoms with van der Waals surface area (Å²) in [5, 5.41) is 4.10. The van der Waals surface area contributed by atoms with Gasteiger partial charge in [-0.05, 0) is 48.0 Å². The normalized spacial score (nSPS) is 10.7. The molecule has 1 N–H and O–H groups in total. The summed E-state index contributed by atoms with van der Waals surface area (Å²) < 4.78 is 18.7. The van der Waals surface area contributed by atoms with Crippen molar-refractivity contribution in [2.75, 3.05) is 0 Å². The van der Waals surface area contributed by atoms with Crippen molar-refractivity contribution in [3.05, 3.63) is 95.0 Å². The van der Waals surface area contributed by atoms with E-state index >= 15 is 0 Å². The maximum atomic E-state index is 13.2. The quantitative estimate of drug-likeness (QED) is 0.465. The van der Waals surface area contributed by atoms with E-state index in [4.69, 9.17) is 16.3 Å². The maximum absolute atomic E-state index is 13.2. The second-order valence-electron chi connectivity index (χ2n) is 6.29. The van der Waals surface area contributed by atoms with E-state index in [-0.39, 0.29) is 11.7 Å². The fourth-order valence-corrected chi connectivity index (χ4v) is 2.91. The van der Waals surface area contributed by atoms with Gasteiger partial charge >= 0.3 is 0 Å². The van der Waals surface area contributed by atoms with E-state index < -0.39 is 0 Å². The van der Waals surface area contributed by atoms with Gasteiger partial charge in [-0.1, -0.05) is 23.7 Å². The molecule has 144 valence electrons. The number of halogens is 2. The Kier molecular flexibility index (Phi) is 5.35. The van der Waals surface area contributed by atoms with Gasteiger partial charge < -0.3 is 10.1 Å². The molecule has 0 saturated heterocycles.